The molecule has 152 valence electrons. The quantitative estimate of drug-likeness (QED) is 0.654. The van der Waals surface area contributed by atoms with Crippen LogP contribution in [0.1, 0.15) is 26.3 Å². The molecule has 2 heterocycles. The van der Waals surface area contributed by atoms with Gasteiger partial charge in [0.05, 0.1) is 17.4 Å². The second-order valence-corrected chi connectivity index (χ2v) is 6.77. The maximum Gasteiger partial charge on any atom is 0.261 e. The van der Waals surface area contributed by atoms with Crippen molar-refractivity contribution in [3.63, 3.8) is 0 Å². The van der Waals surface area contributed by atoms with Gasteiger partial charge < -0.3 is 25.1 Å². The molecule has 0 saturated carbocycles. The van der Waals surface area contributed by atoms with Crippen LogP contribution in [0.4, 0.5) is 11.4 Å². The molecule has 0 atom stereocenters. The van der Waals surface area contributed by atoms with E-state index in [4.69, 9.17) is 14.9 Å². The lowest BCUT2D eigenvalue weighted by Crippen LogP contribution is -2.28. The van der Waals surface area contributed by atoms with Crippen molar-refractivity contribution in [2.45, 2.75) is 6.42 Å². The number of hydrogen-bond donors (Lipinski definition) is 2. The molecule has 0 aliphatic carbocycles. The molecule has 8 nitrogen and oxygen atoms in total. The minimum Gasteiger partial charge on any atom is -0.483 e. The Bertz CT molecular complexity index is 1110. The maximum absolute atomic E-state index is 12.7. The van der Waals surface area contributed by atoms with Crippen molar-refractivity contribution < 1.29 is 23.5 Å². The zero-order valence-corrected chi connectivity index (χ0v) is 16.0. The van der Waals surface area contributed by atoms with Gasteiger partial charge in [-0.3, -0.25) is 14.4 Å². The number of amides is 3. The van der Waals surface area contributed by atoms with E-state index in [-0.39, 0.29) is 29.7 Å². The molecule has 30 heavy (non-hydrogen) atoms. The Morgan fingerprint density at radius 2 is 1.97 bits per heavy atom. The Hall–Kier alpha value is -4.07. The van der Waals surface area contributed by atoms with Gasteiger partial charge in [0.15, 0.2) is 6.61 Å². The van der Waals surface area contributed by atoms with Crippen LogP contribution in [0, 0.1) is 0 Å². The molecule has 2 aromatic carbocycles. The Kier molecular flexibility index (Phi) is 5.21. The first kappa shape index (κ1) is 19.3. The lowest BCUT2D eigenvalue weighted by Gasteiger charge is -2.17. The summed E-state index contributed by atoms with van der Waals surface area (Å²) in [4.78, 5) is 38.0. The number of ether oxygens (including phenoxy) is 1. The highest BCUT2D eigenvalue weighted by Gasteiger charge is 2.26. The topological polar surface area (TPSA) is 115 Å². The van der Waals surface area contributed by atoms with Crippen molar-refractivity contribution in [3.05, 3.63) is 77.7 Å². The van der Waals surface area contributed by atoms with Crippen molar-refractivity contribution in [3.8, 4) is 5.75 Å². The summed E-state index contributed by atoms with van der Waals surface area (Å²) >= 11 is 0. The molecule has 0 radical (unpaired) electrons. The largest absolute Gasteiger partial charge is 0.483 e. The van der Waals surface area contributed by atoms with Crippen LogP contribution >= 0.6 is 0 Å². The zero-order valence-electron chi connectivity index (χ0n) is 16.0. The Balaban J connectivity index is 1.50. The molecule has 3 aromatic rings. The first-order valence-corrected chi connectivity index (χ1v) is 9.31. The van der Waals surface area contributed by atoms with Crippen LogP contribution in [-0.4, -0.2) is 30.9 Å². The highest BCUT2D eigenvalue weighted by atomic mass is 16.5. The van der Waals surface area contributed by atoms with Gasteiger partial charge in [0.1, 0.15) is 12.0 Å². The van der Waals surface area contributed by atoms with E-state index in [1.54, 1.807) is 41.3 Å². The summed E-state index contributed by atoms with van der Waals surface area (Å²) in [6.45, 7) is 0.240. The number of rotatable bonds is 6. The first-order chi connectivity index (χ1) is 14.5. The molecule has 4 rings (SSSR count). The molecule has 3 N–H and O–H groups in total. The Morgan fingerprint density at radius 1 is 1.13 bits per heavy atom. The van der Waals surface area contributed by atoms with Crippen LogP contribution in [0.25, 0.3) is 0 Å². The monoisotopic (exact) mass is 405 g/mol. The maximum atomic E-state index is 12.7. The average molecular weight is 405 g/mol. The number of nitrogens with one attached hydrogen (secondary N) is 1. The van der Waals surface area contributed by atoms with Crippen LogP contribution < -0.4 is 20.7 Å². The Morgan fingerprint density at radius 3 is 2.73 bits per heavy atom. The molecule has 0 bridgehead atoms. The number of anilines is 2. The number of carbonyl (C=O) groups is 3. The molecule has 8 heteroatoms. The standard InChI is InChI=1S/C22H19N3O5/c23-20(26)13-30-19-4-2-1-3-17(19)21(27)24-16-5-6-18-14(11-16)7-9-25(18)22(28)15-8-10-29-12-15/h1-6,8,10-12H,7,9,13H2,(H2,23,26)(H,24,27). The van der Waals surface area contributed by atoms with Crippen molar-refractivity contribution in [1.29, 1.82) is 0 Å². The van der Waals surface area contributed by atoms with Crippen LogP contribution in [0.3, 0.4) is 0 Å². The highest BCUT2D eigenvalue weighted by Crippen LogP contribution is 2.32. The molecule has 1 aliphatic rings. The smallest absolute Gasteiger partial charge is 0.261 e. The third-order valence-electron chi connectivity index (χ3n) is 4.75. The number of fused-ring (bicyclic) bond motifs is 1. The van der Waals surface area contributed by atoms with Gasteiger partial charge >= 0.3 is 0 Å². The number of para-hydroxylation sites is 1. The van der Waals surface area contributed by atoms with E-state index in [0.29, 0.717) is 24.2 Å². The van der Waals surface area contributed by atoms with Crippen molar-refractivity contribution in [2.75, 3.05) is 23.4 Å². The number of carbonyl (C=O) groups excluding carboxylic acids is 3. The fourth-order valence-electron chi connectivity index (χ4n) is 3.36. The molecule has 0 fully saturated rings. The van der Waals surface area contributed by atoms with Crippen LogP contribution in [0.5, 0.6) is 5.75 Å². The summed E-state index contributed by atoms with van der Waals surface area (Å²) < 4.78 is 10.3. The fourth-order valence-corrected chi connectivity index (χ4v) is 3.36. The van der Waals surface area contributed by atoms with E-state index in [9.17, 15) is 14.4 Å². The van der Waals surface area contributed by atoms with Gasteiger partial charge in [-0.25, -0.2) is 0 Å². The predicted octanol–water partition coefficient (Wildman–Crippen LogP) is 2.60. The van der Waals surface area contributed by atoms with Gasteiger partial charge in [-0.15, -0.1) is 0 Å². The van der Waals surface area contributed by atoms with Crippen molar-refractivity contribution in [1.82, 2.24) is 0 Å². The van der Waals surface area contributed by atoms with Crippen molar-refractivity contribution in [2.24, 2.45) is 5.73 Å². The summed E-state index contributed by atoms with van der Waals surface area (Å²) in [5.41, 5.74) is 8.26. The van der Waals surface area contributed by atoms with Gasteiger partial charge in [-0.1, -0.05) is 12.1 Å². The van der Waals surface area contributed by atoms with Gasteiger partial charge in [-0.2, -0.15) is 0 Å². The van der Waals surface area contributed by atoms with Gasteiger partial charge in [0.2, 0.25) is 0 Å². The van der Waals surface area contributed by atoms with Gasteiger partial charge in [0, 0.05) is 17.9 Å². The number of nitrogens with two attached hydrogens (primary N) is 1. The minimum absolute atomic E-state index is 0.125. The number of furan rings is 1. The third-order valence-corrected chi connectivity index (χ3v) is 4.75. The van der Waals surface area contributed by atoms with E-state index in [1.165, 1.54) is 12.5 Å². The van der Waals surface area contributed by atoms with E-state index in [2.05, 4.69) is 5.32 Å². The molecule has 1 aromatic heterocycles. The average Bonchev–Trinajstić information content (AvgIpc) is 3.42. The third kappa shape index (κ3) is 3.88. The molecule has 0 saturated heterocycles. The lowest BCUT2D eigenvalue weighted by molar-refractivity contribution is -0.119. The lowest BCUT2D eigenvalue weighted by atomic mass is 10.1. The van der Waals surface area contributed by atoms with E-state index >= 15 is 0 Å². The molecule has 3 amide bonds. The number of hydrogen-bond acceptors (Lipinski definition) is 5. The summed E-state index contributed by atoms with van der Waals surface area (Å²) in [5, 5.41) is 2.83. The van der Waals surface area contributed by atoms with E-state index < -0.39 is 5.91 Å². The molecular weight excluding hydrogens is 386 g/mol. The summed E-state index contributed by atoms with van der Waals surface area (Å²) in [6, 6.07) is 13.6. The fraction of sp³-hybridized carbons (Fsp3) is 0.136. The number of nitrogens with zero attached hydrogens (tertiary/aromatic N) is 1. The van der Waals surface area contributed by atoms with Crippen molar-refractivity contribution >= 4 is 29.1 Å². The normalized spacial score (nSPS) is 12.3. The second-order valence-electron chi connectivity index (χ2n) is 6.77. The number of primary amides is 1. The summed E-state index contributed by atoms with van der Waals surface area (Å²) in [7, 11) is 0. The Labute approximate surface area is 172 Å². The minimum atomic E-state index is -0.627. The van der Waals surface area contributed by atoms with E-state index in [1.807, 2.05) is 12.1 Å². The van der Waals surface area contributed by atoms with Gasteiger partial charge in [0.25, 0.3) is 17.7 Å². The van der Waals surface area contributed by atoms with Gasteiger partial charge in [-0.05, 0) is 48.4 Å². The SMILES string of the molecule is NC(=O)COc1ccccc1C(=O)Nc1ccc2c(c1)CCN2C(=O)c1ccoc1. The molecule has 1 aliphatic heterocycles. The highest BCUT2D eigenvalue weighted by molar-refractivity contribution is 6.08. The van der Waals surface area contributed by atoms with E-state index in [0.717, 1.165) is 11.3 Å². The van der Waals surface area contributed by atoms with Crippen LogP contribution in [0.2, 0.25) is 0 Å². The van der Waals surface area contributed by atoms with Crippen LogP contribution in [0.15, 0.2) is 65.5 Å². The second kappa shape index (κ2) is 8.12. The molecular formula is C22H19N3O5. The molecule has 0 unspecified atom stereocenters. The van der Waals surface area contributed by atoms with Crippen LogP contribution in [-0.2, 0) is 11.2 Å². The summed E-state index contributed by atoms with van der Waals surface area (Å²) in [6.07, 6.45) is 3.57. The first-order valence-electron chi connectivity index (χ1n) is 9.31. The number of benzene rings is 2. The zero-order chi connectivity index (χ0) is 21.1. The summed E-state index contributed by atoms with van der Waals surface area (Å²) in [5.74, 6) is -0.857. The predicted molar refractivity (Wildman–Crippen MR) is 110 cm³/mol. The molecule has 0 spiro atoms.